The Kier molecular flexibility index (Phi) is 6.22. The second-order valence-electron chi connectivity index (χ2n) is 6.17. The van der Waals surface area contributed by atoms with Gasteiger partial charge in [0.2, 0.25) is 0 Å². The first-order chi connectivity index (χ1) is 13.9. The quantitative estimate of drug-likeness (QED) is 0.435. The van der Waals surface area contributed by atoms with Crippen LogP contribution in [0, 0.1) is 6.92 Å². The first kappa shape index (κ1) is 22.3. The average Bonchev–Trinajstić information content (AvgIpc) is 3.28. The molecule has 1 aromatic carbocycles. The van der Waals surface area contributed by atoms with E-state index in [4.69, 9.17) is 9.79 Å². The van der Waals surface area contributed by atoms with Crippen LogP contribution in [0.15, 0.2) is 41.8 Å². The molecule has 0 aliphatic heterocycles. The van der Waals surface area contributed by atoms with E-state index in [2.05, 4.69) is 19.8 Å². The maximum absolute atomic E-state index is 12.2. The van der Waals surface area contributed by atoms with E-state index in [0.29, 0.717) is 21.8 Å². The predicted octanol–water partition coefficient (Wildman–Crippen LogP) is 1.76. The summed E-state index contributed by atoms with van der Waals surface area (Å²) in [6, 6.07) is 4.81. The van der Waals surface area contributed by atoms with E-state index < -0.39 is 30.2 Å². The molecule has 0 atom stereocenters. The van der Waals surface area contributed by atoms with Gasteiger partial charge in [-0.3, -0.25) is 14.6 Å². The number of phosphoric acid groups is 1. The van der Waals surface area contributed by atoms with Crippen LogP contribution in [-0.2, 0) is 23.7 Å². The zero-order valence-corrected chi connectivity index (χ0v) is 18.2. The van der Waals surface area contributed by atoms with Crippen LogP contribution in [0.4, 0.5) is 5.13 Å². The van der Waals surface area contributed by atoms with Gasteiger partial charge in [0.25, 0.3) is 5.91 Å². The van der Waals surface area contributed by atoms with Gasteiger partial charge in [0.15, 0.2) is 15.0 Å². The third kappa shape index (κ3) is 5.39. The number of anilines is 1. The van der Waals surface area contributed by atoms with Crippen LogP contribution >= 0.6 is 19.2 Å². The van der Waals surface area contributed by atoms with Crippen LogP contribution in [0.3, 0.4) is 0 Å². The minimum atomic E-state index is -4.76. The van der Waals surface area contributed by atoms with Crippen molar-refractivity contribution < 1.29 is 32.1 Å². The third-order valence-electron chi connectivity index (χ3n) is 3.81. The highest BCUT2D eigenvalue weighted by Gasteiger charge is 2.20. The number of nitrogens with one attached hydrogen (secondary N) is 1. The lowest BCUT2D eigenvalue weighted by molar-refractivity contribution is -0.118. The van der Waals surface area contributed by atoms with E-state index in [0.717, 1.165) is 17.6 Å². The smallest absolute Gasteiger partial charge is 0.305 e. The summed E-state index contributed by atoms with van der Waals surface area (Å²) in [5.74, 6) is -0.773. The first-order valence-corrected chi connectivity index (χ1v) is 12.5. The standard InChI is InChI=1S/C16H17N4O7PS2/c1-10-15(29-16(18-10)19-14(21)8-27-28(22,23)24)11-3-4-13(30(2,25)26)12(7-11)20-6-5-17-9-20/h3-7,9H,8H2,1-2H3,(H,18,19,21)(H2,22,23,24). The van der Waals surface area contributed by atoms with Gasteiger partial charge in [-0.1, -0.05) is 17.4 Å². The lowest BCUT2D eigenvalue weighted by Crippen LogP contribution is -2.17. The number of carbonyl (C=O) groups is 1. The highest BCUT2D eigenvalue weighted by atomic mass is 32.2. The molecule has 160 valence electrons. The molecule has 30 heavy (non-hydrogen) atoms. The van der Waals surface area contributed by atoms with Gasteiger partial charge in [0.05, 0.1) is 27.5 Å². The average molecular weight is 472 g/mol. The number of aromatic nitrogens is 3. The van der Waals surface area contributed by atoms with Crippen molar-refractivity contribution in [3.8, 4) is 16.1 Å². The summed E-state index contributed by atoms with van der Waals surface area (Å²) >= 11 is 1.13. The summed E-state index contributed by atoms with van der Waals surface area (Å²) in [5, 5.41) is 2.62. The molecule has 0 saturated carbocycles. The number of phosphoric ester groups is 1. The number of carbonyl (C=O) groups excluding carboxylic acids is 1. The Morgan fingerprint density at radius 1 is 1.37 bits per heavy atom. The van der Waals surface area contributed by atoms with E-state index in [1.54, 1.807) is 29.8 Å². The fourth-order valence-electron chi connectivity index (χ4n) is 2.59. The molecule has 0 bridgehead atoms. The van der Waals surface area contributed by atoms with Crippen LogP contribution < -0.4 is 5.32 Å². The van der Waals surface area contributed by atoms with Crippen molar-refractivity contribution in [3.05, 3.63) is 42.6 Å². The monoisotopic (exact) mass is 472 g/mol. The van der Waals surface area contributed by atoms with Crippen LogP contribution in [0.2, 0.25) is 0 Å². The highest BCUT2D eigenvalue weighted by Crippen LogP contribution is 2.37. The third-order valence-corrected chi connectivity index (χ3v) is 6.54. The van der Waals surface area contributed by atoms with Crippen molar-refractivity contribution in [1.29, 1.82) is 0 Å². The van der Waals surface area contributed by atoms with E-state index in [1.807, 2.05) is 0 Å². The van der Waals surface area contributed by atoms with Gasteiger partial charge in [-0.2, -0.15) is 0 Å². The van der Waals surface area contributed by atoms with Gasteiger partial charge < -0.3 is 14.4 Å². The number of hydrogen-bond acceptors (Lipinski definition) is 8. The van der Waals surface area contributed by atoms with Gasteiger partial charge in [-0.05, 0) is 24.6 Å². The van der Waals surface area contributed by atoms with E-state index in [1.165, 1.54) is 18.6 Å². The highest BCUT2D eigenvalue weighted by molar-refractivity contribution is 7.90. The number of imidazole rings is 1. The lowest BCUT2D eigenvalue weighted by Gasteiger charge is -2.11. The van der Waals surface area contributed by atoms with E-state index in [-0.39, 0.29) is 10.0 Å². The normalized spacial score (nSPS) is 12.1. The van der Waals surface area contributed by atoms with Gasteiger partial charge in [0.1, 0.15) is 6.61 Å². The number of aryl methyl sites for hydroxylation is 1. The SMILES string of the molecule is Cc1nc(NC(=O)COP(=O)(O)O)sc1-c1ccc(S(C)(=O)=O)c(-n2ccnc2)c1. The number of rotatable bonds is 7. The van der Waals surface area contributed by atoms with E-state index >= 15 is 0 Å². The summed E-state index contributed by atoms with van der Waals surface area (Å²) in [6.45, 7) is 0.890. The molecule has 14 heteroatoms. The molecule has 0 fully saturated rings. The number of nitrogens with zero attached hydrogens (tertiary/aromatic N) is 3. The minimum Gasteiger partial charge on any atom is -0.305 e. The van der Waals surface area contributed by atoms with E-state index in [9.17, 15) is 17.8 Å². The number of sulfone groups is 1. The number of benzene rings is 1. The van der Waals surface area contributed by atoms with Crippen LogP contribution in [0.1, 0.15) is 5.69 Å². The van der Waals surface area contributed by atoms with Gasteiger partial charge in [-0.15, -0.1) is 0 Å². The molecule has 3 N–H and O–H groups in total. The van der Waals surface area contributed by atoms with Crippen LogP contribution in [0.25, 0.3) is 16.1 Å². The molecule has 0 radical (unpaired) electrons. The van der Waals surface area contributed by atoms with Crippen LogP contribution in [0.5, 0.6) is 0 Å². The molecule has 3 aromatic rings. The van der Waals surface area contributed by atoms with Gasteiger partial charge in [-0.25, -0.2) is 23.0 Å². The van der Waals surface area contributed by atoms with Crippen molar-refractivity contribution >= 4 is 40.0 Å². The summed E-state index contributed by atoms with van der Waals surface area (Å²) in [7, 11) is -8.25. The zero-order chi connectivity index (χ0) is 22.1. The van der Waals surface area contributed by atoms with Crippen molar-refractivity contribution in [2.24, 2.45) is 0 Å². The first-order valence-electron chi connectivity index (χ1n) is 8.24. The topological polar surface area (TPSA) is 161 Å². The largest absolute Gasteiger partial charge is 0.470 e. The summed E-state index contributed by atoms with van der Waals surface area (Å²) in [6.07, 6.45) is 5.76. The Bertz CT molecular complexity index is 1230. The molecule has 0 aliphatic carbocycles. The fraction of sp³-hybridized carbons (Fsp3) is 0.188. The Balaban J connectivity index is 1.92. The fourth-order valence-corrected chi connectivity index (χ4v) is 4.72. The predicted molar refractivity (Wildman–Crippen MR) is 109 cm³/mol. The Morgan fingerprint density at radius 2 is 2.10 bits per heavy atom. The zero-order valence-electron chi connectivity index (χ0n) is 15.7. The minimum absolute atomic E-state index is 0.134. The van der Waals surface area contributed by atoms with Crippen molar-refractivity contribution in [3.63, 3.8) is 0 Å². The number of hydrogen-bond donors (Lipinski definition) is 3. The summed E-state index contributed by atoms with van der Waals surface area (Å²) in [5.41, 5.74) is 1.67. The molecule has 0 aliphatic rings. The van der Waals surface area contributed by atoms with Crippen molar-refractivity contribution in [2.45, 2.75) is 11.8 Å². The molecule has 1 amide bonds. The second kappa shape index (κ2) is 8.38. The Morgan fingerprint density at radius 3 is 2.70 bits per heavy atom. The maximum Gasteiger partial charge on any atom is 0.470 e. The van der Waals surface area contributed by atoms with Gasteiger partial charge in [0, 0.05) is 18.6 Å². The van der Waals surface area contributed by atoms with Crippen LogP contribution in [-0.4, -0.2) is 51.5 Å². The lowest BCUT2D eigenvalue weighted by atomic mass is 10.1. The Labute approximate surface area is 175 Å². The number of amides is 1. The molecule has 2 heterocycles. The molecule has 0 spiro atoms. The second-order valence-corrected chi connectivity index (χ2v) is 10.4. The van der Waals surface area contributed by atoms with Crippen molar-refractivity contribution in [1.82, 2.24) is 14.5 Å². The molecular weight excluding hydrogens is 455 g/mol. The molecule has 3 rings (SSSR count). The summed E-state index contributed by atoms with van der Waals surface area (Å²) < 4.78 is 40.7. The molecule has 2 aromatic heterocycles. The molecular formula is C16H17N4O7PS2. The molecule has 0 unspecified atom stereocenters. The van der Waals surface area contributed by atoms with Gasteiger partial charge >= 0.3 is 7.82 Å². The van der Waals surface area contributed by atoms with Crippen molar-refractivity contribution in [2.75, 3.05) is 18.2 Å². The summed E-state index contributed by atoms with van der Waals surface area (Å²) in [4.78, 5) is 38.1. The number of thiazole rings is 1. The maximum atomic E-state index is 12.2. The molecule has 0 saturated heterocycles. The Hall–Kier alpha value is -2.41. The molecule has 11 nitrogen and oxygen atoms in total.